The van der Waals surface area contributed by atoms with E-state index in [1.807, 2.05) is 45.0 Å². The monoisotopic (exact) mass is 411 g/mol. The minimum atomic E-state index is -0.875. The first-order valence-corrected chi connectivity index (χ1v) is 10.4. The molecule has 0 saturated heterocycles. The molecule has 6 nitrogen and oxygen atoms in total. The van der Waals surface area contributed by atoms with Gasteiger partial charge in [0.2, 0.25) is 0 Å². The molecule has 160 valence electrons. The molecule has 0 fully saturated rings. The molecule has 0 spiro atoms. The SMILES string of the molecule is CCOC(=O)C1=C(C)NC2=C(C(=O)C(C(=O)OCC)C(C)C2)C1c1ccc(C)cc1. The second-order valence-corrected chi connectivity index (χ2v) is 7.90. The second-order valence-electron chi connectivity index (χ2n) is 7.90. The van der Waals surface area contributed by atoms with E-state index in [1.165, 1.54) is 0 Å². The molecule has 0 amide bonds. The molecule has 0 aromatic heterocycles. The second kappa shape index (κ2) is 8.86. The molecule has 3 atom stereocenters. The van der Waals surface area contributed by atoms with Crippen molar-refractivity contribution >= 4 is 17.7 Å². The maximum Gasteiger partial charge on any atom is 0.336 e. The molecule has 1 N–H and O–H groups in total. The van der Waals surface area contributed by atoms with Crippen LogP contribution >= 0.6 is 0 Å². The molecule has 1 heterocycles. The van der Waals surface area contributed by atoms with Crippen LogP contribution in [0.1, 0.15) is 51.2 Å². The van der Waals surface area contributed by atoms with Gasteiger partial charge >= 0.3 is 11.9 Å². The van der Waals surface area contributed by atoms with E-state index in [0.717, 1.165) is 16.8 Å². The molecule has 0 saturated carbocycles. The number of hydrogen-bond donors (Lipinski definition) is 1. The standard InChI is InChI=1S/C24H29NO5/c1-6-29-23(27)18-14(4)12-17-21(22(18)26)20(16-10-8-13(3)9-11-16)19(15(5)25-17)24(28)30-7-2/h8-11,14,18,20,25H,6-7,12H2,1-5H3. The predicted molar refractivity (Wildman–Crippen MR) is 112 cm³/mol. The highest BCUT2D eigenvalue weighted by Crippen LogP contribution is 2.45. The molecule has 6 heteroatoms. The van der Waals surface area contributed by atoms with Crippen LogP contribution in [-0.2, 0) is 23.9 Å². The van der Waals surface area contributed by atoms with Crippen molar-refractivity contribution in [2.24, 2.45) is 11.8 Å². The van der Waals surface area contributed by atoms with Crippen LogP contribution in [-0.4, -0.2) is 30.9 Å². The van der Waals surface area contributed by atoms with Crippen molar-refractivity contribution in [3.8, 4) is 0 Å². The minimum Gasteiger partial charge on any atom is -0.465 e. The summed E-state index contributed by atoms with van der Waals surface area (Å²) in [6, 6.07) is 7.75. The molecule has 0 bridgehead atoms. The quantitative estimate of drug-likeness (QED) is 0.589. The van der Waals surface area contributed by atoms with Gasteiger partial charge in [-0.2, -0.15) is 0 Å². The fraction of sp³-hybridized carbons (Fsp3) is 0.458. The highest BCUT2D eigenvalue weighted by atomic mass is 16.5. The van der Waals surface area contributed by atoms with Crippen molar-refractivity contribution in [3.05, 3.63) is 57.9 Å². The summed E-state index contributed by atoms with van der Waals surface area (Å²) >= 11 is 0. The van der Waals surface area contributed by atoms with Crippen molar-refractivity contribution in [2.45, 2.75) is 47.0 Å². The van der Waals surface area contributed by atoms with E-state index in [2.05, 4.69) is 5.32 Å². The Morgan fingerprint density at radius 1 is 1.07 bits per heavy atom. The van der Waals surface area contributed by atoms with Gasteiger partial charge in [-0.05, 0) is 45.6 Å². The van der Waals surface area contributed by atoms with E-state index in [9.17, 15) is 14.4 Å². The number of carbonyl (C=O) groups excluding carboxylic acids is 3. The lowest BCUT2D eigenvalue weighted by Crippen LogP contribution is -2.43. The third kappa shape index (κ3) is 3.91. The van der Waals surface area contributed by atoms with Crippen LogP contribution in [0.5, 0.6) is 0 Å². The van der Waals surface area contributed by atoms with Gasteiger partial charge in [0.15, 0.2) is 5.78 Å². The largest absolute Gasteiger partial charge is 0.465 e. The van der Waals surface area contributed by atoms with E-state index in [-0.39, 0.29) is 24.9 Å². The van der Waals surface area contributed by atoms with Crippen LogP contribution < -0.4 is 5.32 Å². The third-order valence-electron chi connectivity index (χ3n) is 5.73. The summed E-state index contributed by atoms with van der Waals surface area (Å²) in [7, 11) is 0. The number of benzene rings is 1. The summed E-state index contributed by atoms with van der Waals surface area (Å²) in [6.45, 7) is 9.61. The molecule has 1 aliphatic heterocycles. The number of aryl methyl sites for hydroxylation is 1. The number of Topliss-reactive ketones (excluding diaryl/α,β-unsaturated/α-hetero) is 1. The van der Waals surface area contributed by atoms with Crippen LogP contribution in [0.3, 0.4) is 0 Å². The van der Waals surface area contributed by atoms with Gasteiger partial charge in [-0.15, -0.1) is 0 Å². The van der Waals surface area contributed by atoms with Crippen LogP contribution in [0.15, 0.2) is 46.8 Å². The van der Waals surface area contributed by atoms with E-state index < -0.39 is 23.8 Å². The Kier molecular flexibility index (Phi) is 6.44. The van der Waals surface area contributed by atoms with E-state index in [1.54, 1.807) is 13.8 Å². The Morgan fingerprint density at radius 2 is 1.70 bits per heavy atom. The van der Waals surface area contributed by atoms with Crippen molar-refractivity contribution in [1.29, 1.82) is 0 Å². The molecule has 1 aromatic carbocycles. The Balaban J connectivity index is 2.15. The summed E-state index contributed by atoms with van der Waals surface area (Å²) in [4.78, 5) is 39.0. The number of ether oxygens (including phenoxy) is 2. The van der Waals surface area contributed by atoms with Crippen molar-refractivity contribution in [3.63, 3.8) is 0 Å². The van der Waals surface area contributed by atoms with E-state index in [0.29, 0.717) is 23.3 Å². The molecule has 1 aromatic rings. The first kappa shape index (κ1) is 21.8. The number of nitrogens with one attached hydrogen (secondary N) is 1. The number of carbonyl (C=O) groups is 3. The van der Waals surface area contributed by atoms with Crippen LogP contribution in [0.25, 0.3) is 0 Å². The number of dihydropyridines is 1. The van der Waals surface area contributed by atoms with Crippen LogP contribution in [0.4, 0.5) is 0 Å². The zero-order valence-corrected chi connectivity index (χ0v) is 18.2. The van der Waals surface area contributed by atoms with Crippen molar-refractivity contribution in [1.82, 2.24) is 5.32 Å². The van der Waals surface area contributed by atoms with Gasteiger partial charge in [0, 0.05) is 22.9 Å². The lowest BCUT2D eigenvalue weighted by Gasteiger charge is -2.38. The van der Waals surface area contributed by atoms with Crippen molar-refractivity contribution < 1.29 is 23.9 Å². The summed E-state index contributed by atoms with van der Waals surface area (Å²) in [5.74, 6) is -2.90. The molecule has 3 rings (SSSR count). The number of ketones is 1. The number of rotatable bonds is 5. The Hall–Kier alpha value is -2.89. The molecular formula is C24H29NO5. The lowest BCUT2D eigenvalue weighted by molar-refractivity contribution is -0.153. The summed E-state index contributed by atoms with van der Waals surface area (Å²) < 4.78 is 10.5. The molecule has 0 radical (unpaired) electrons. The smallest absolute Gasteiger partial charge is 0.336 e. The average Bonchev–Trinajstić information content (AvgIpc) is 2.68. The summed E-state index contributed by atoms with van der Waals surface area (Å²) in [5.41, 5.74) is 4.21. The number of esters is 2. The Morgan fingerprint density at radius 3 is 2.30 bits per heavy atom. The summed E-state index contributed by atoms with van der Waals surface area (Å²) in [6.07, 6.45) is 0.528. The van der Waals surface area contributed by atoms with Gasteiger partial charge in [0.25, 0.3) is 0 Å². The molecule has 3 unspecified atom stereocenters. The first-order valence-electron chi connectivity index (χ1n) is 10.4. The van der Waals surface area contributed by atoms with Gasteiger partial charge in [0.1, 0.15) is 5.92 Å². The topological polar surface area (TPSA) is 81.7 Å². The minimum absolute atomic E-state index is 0.196. The fourth-order valence-electron chi connectivity index (χ4n) is 4.36. The van der Waals surface area contributed by atoms with Crippen LogP contribution in [0.2, 0.25) is 0 Å². The molecular weight excluding hydrogens is 382 g/mol. The maximum atomic E-state index is 13.6. The Labute approximate surface area is 177 Å². The highest BCUT2D eigenvalue weighted by Gasteiger charge is 2.47. The van der Waals surface area contributed by atoms with Gasteiger partial charge in [-0.25, -0.2) is 4.79 Å². The zero-order chi connectivity index (χ0) is 22.0. The van der Waals surface area contributed by atoms with E-state index >= 15 is 0 Å². The van der Waals surface area contributed by atoms with Gasteiger partial charge in [0.05, 0.1) is 18.8 Å². The zero-order valence-electron chi connectivity index (χ0n) is 18.2. The first-order chi connectivity index (χ1) is 14.3. The highest BCUT2D eigenvalue weighted by molar-refractivity contribution is 6.12. The van der Waals surface area contributed by atoms with Crippen LogP contribution in [0, 0.1) is 18.8 Å². The fourth-order valence-corrected chi connectivity index (χ4v) is 4.36. The Bertz CT molecular complexity index is 925. The molecule has 2 aliphatic rings. The van der Waals surface area contributed by atoms with Gasteiger partial charge < -0.3 is 14.8 Å². The number of hydrogen-bond acceptors (Lipinski definition) is 6. The molecule has 1 aliphatic carbocycles. The molecule has 30 heavy (non-hydrogen) atoms. The summed E-state index contributed by atoms with van der Waals surface area (Å²) in [5, 5.41) is 3.26. The van der Waals surface area contributed by atoms with Crippen molar-refractivity contribution in [2.75, 3.05) is 13.2 Å². The average molecular weight is 411 g/mol. The third-order valence-corrected chi connectivity index (χ3v) is 5.73. The van der Waals surface area contributed by atoms with Gasteiger partial charge in [-0.3, -0.25) is 9.59 Å². The predicted octanol–water partition coefficient (Wildman–Crippen LogP) is 3.56. The van der Waals surface area contributed by atoms with E-state index in [4.69, 9.17) is 9.47 Å². The maximum absolute atomic E-state index is 13.6. The normalized spacial score (nSPS) is 23.6. The lowest BCUT2D eigenvalue weighted by atomic mass is 9.69. The number of allylic oxidation sites excluding steroid dienone is 3. The van der Waals surface area contributed by atoms with Gasteiger partial charge in [-0.1, -0.05) is 36.8 Å².